The summed E-state index contributed by atoms with van der Waals surface area (Å²) < 4.78 is 6.16. The largest absolute Gasteiger partial charge is 0.508 e. The summed E-state index contributed by atoms with van der Waals surface area (Å²) in [7, 11) is 0. The number of hydrogen-bond acceptors (Lipinski definition) is 6. The Bertz CT molecular complexity index is 816. The van der Waals surface area contributed by atoms with Gasteiger partial charge in [0, 0.05) is 12.1 Å². The van der Waals surface area contributed by atoms with Crippen molar-refractivity contribution in [2.24, 2.45) is 5.41 Å². The van der Waals surface area contributed by atoms with Crippen molar-refractivity contribution in [1.82, 2.24) is 9.71 Å². The fourth-order valence-corrected chi connectivity index (χ4v) is 1.94. The van der Waals surface area contributed by atoms with Crippen LogP contribution in [0.1, 0.15) is 27.2 Å². The average Bonchev–Trinajstić information content (AvgIpc) is 2.54. The van der Waals surface area contributed by atoms with E-state index >= 15 is 0 Å². The van der Waals surface area contributed by atoms with Crippen LogP contribution in [0.25, 0.3) is 10.9 Å². The van der Waals surface area contributed by atoms with Crippen LogP contribution < -0.4 is 15.1 Å². The first-order valence-corrected chi connectivity index (χ1v) is 7.99. The summed E-state index contributed by atoms with van der Waals surface area (Å²) in [6, 6.07) is 2.62. The molecule has 8 heteroatoms. The Morgan fingerprint density at radius 1 is 1.42 bits per heavy atom. The highest BCUT2D eigenvalue weighted by molar-refractivity contribution is 6.18. The van der Waals surface area contributed by atoms with Gasteiger partial charge in [0.15, 0.2) is 0 Å². The smallest absolute Gasteiger partial charge is 0.338 e. The van der Waals surface area contributed by atoms with Crippen LogP contribution in [-0.4, -0.2) is 33.3 Å². The number of hydrogen-bond donors (Lipinski definition) is 1. The summed E-state index contributed by atoms with van der Waals surface area (Å²) in [6.07, 6.45) is 1.65. The Labute approximate surface area is 143 Å². The maximum atomic E-state index is 12.6. The number of phenols is 1. The number of alkyl halides is 1. The Morgan fingerprint density at radius 2 is 2.12 bits per heavy atom. The molecule has 1 heterocycles. The highest BCUT2D eigenvalue weighted by Crippen LogP contribution is 2.27. The van der Waals surface area contributed by atoms with Crippen molar-refractivity contribution in [3.63, 3.8) is 0 Å². The summed E-state index contributed by atoms with van der Waals surface area (Å²) in [4.78, 5) is 34.0. The first kappa shape index (κ1) is 18.1. The fraction of sp³-hybridized carbons (Fsp3) is 0.438. The molecule has 24 heavy (non-hydrogen) atoms. The second kappa shape index (κ2) is 7.09. The van der Waals surface area contributed by atoms with E-state index in [-0.39, 0.29) is 34.9 Å². The van der Waals surface area contributed by atoms with Crippen LogP contribution in [0.2, 0.25) is 0 Å². The van der Waals surface area contributed by atoms with E-state index in [1.54, 1.807) is 13.8 Å². The van der Waals surface area contributed by atoms with Crippen LogP contribution in [0.15, 0.2) is 23.3 Å². The standard InChI is InChI=1S/C16H19ClN2O5/c1-4-16(2,3)15(22)24-19-9-18-11-7-10(20)8-12(23-6-5-17)13(11)14(19)21/h7-9,20H,4-6H2,1-3H3. The van der Waals surface area contributed by atoms with Crippen LogP contribution in [0.4, 0.5) is 0 Å². The molecule has 0 unspecified atom stereocenters. The van der Waals surface area contributed by atoms with Crippen LogP contribution in [-0.2, 0) is 4.79 Å². The van der Waals surface area contributed by atoms with E-state index in [0.29, 0.717) is 6.42 Å². The zero-order chi connectivity index (χ0) is 17.9. The third-order valence-electron chi connectivity index (χ3n) is 3.73. The molecule has 0 spiro atoms. The average molecular weight is 355 g/mol. The zero-order valence-corrected chi connectivity index (χ0v) is 14.5. The molecule has 0 bridgehead atoms. The number of nitrogens with zero attached hydrogens (tertiary/aromatic N) is 2. The molecule has 0 saturated heterocycles. The van der Waals surface area contributed by atoms with Crippen LogP contribution in [0.5, 0.6) is 11.5 Å². The van der Waals surface area contributed by atoms with Crippen molar-refractivity contribution < 1.29 is 19.5 Å². The van der Waals surface area contributed by atoms with Gasteiger partial charge in [-0.05, 0) is 20.3 Å². The molecule has 1 aromatic carbocycles. The summed E-state index contributed by atoms with van der Waals surface area (Å²) >= 11 is 5.59. The molecule has 0 aliphatic heterocycles. The number of carbonyl (C=O) groups excluding carboxylic acids is 1. The quantitative estimate of drug-likeness (QED) is 0.799. The normalized spacial score (nSPS) is 11.5. The van der Waals surface area contributed by atoms with Gasteiger partial charge in [-0.2, -0.15) is 0 Å². The van der Waals surface area contributed by atoms with E-state index in [1.165, 1.54) is 12.1 Å². The highest BCUT2D eigenvalue weighted by atomic mass is 35.5. The molecule has 1 aromatic heterocycles. The van der Waals surface area contributed by atoms with Gasteiger partial charge in [0.05, 0.1) is 16.8 Å². The topological polar surface area (TPSA) is 90.7 Å². The van der Waals surface area contributed by atoms with Crippen molar-refractivity contribution in [2.45, 2.75) is 27.2 Å². The minimum Gasteiger partial charge on any atom is -0.508 e. The Morgan fingerprint density at radius 3 is 2.75 bits per heavy atom. The fourth-order valence-electron chi connectivity index (χ4n) is 1.87. The number of rotatable bonds is 6. The third-order valence-corrected chi connectivity index (χ3v) is 3.89. The lowest BCUT2D eigenvalue weighted by Crippen LogP contribution is -2.38. The molecule has 0 amide bonds. The van der Waals surface area contributed by atoms with Crippen molar-refractivity contribution in [2.75, 3.05) is 12.5 Å². The molecule has 0 aliphatic carbocycles. The summed E-state index contributed by atoms with van der Waals surface area (Å²) in [5.41, 5.74) is -1.11. The van der Waals surface area contributed by atoms with Gasteiger partial charge >= 0.3 is 5.97 Å². The molecule has 2 aromatic rings. The summed E-state index contributed by atoms with van der Waals surface area (Å²) in [5, 5.41) is 9.81. The van der Waals surface area contributed by atoms with Crippen molar-refractivity contribution >= 4 is 28.5 Å². The van der Waals surface area contributed by atoms with Crippen LogP contribution in [0, 0.1) is 5.41 Å². The molecule has 2 rings (SSSR count). The van der Waals surface area contributed by atoms with E-state index in [1.807, 2.05) is 6.92 Å². The van der Waals surface area contributed by atoms with Gasteiger partial charge in [-0.1, -0.05) is 6.92 Å². The Balaban J connectivity index is 2.51. The van der Waals surface area contributed by atoms with Gasteiger partial charge < -0.3 is 14.7 Å². The van der Waals surface area contributed by atoms with Gasteiger partial charge in [0.1, 0.15) is 29.8 Å². The molecule has 0 aliphatic rings. The monoisotopic (exact) mass is 354 g/mol. The summed E-state index contributed by atoms with van der Waals surface area (Å²) in [5.74, 6) is -0.301. The maximum Gasteiger partial charge on any atom is 0.338 e. The van der Waals surface area contributed by atoms with Gasteiger partial charge in [0.25, 0.3) is 5.56 Å². The summed E-state index contributed by atoms with van der Waals surface area (Å²) in [6.45, 7) is 5.45. The number of phenolic OH excluding ortho intramolecular Hbond substituents is 1. The third kappa shape index (κ3) is 3.62. The molecular formula is C16H19ClN2O5. The number of aromatic nitrogens is 2. The zero-order valence-electron chi connectivity index (χ0n) is 13.7. The number of halogens is 1. The molecule has 0 fully saturated rings. The molecule has 0 atom stereocenters. The first-order chi connectivity index (χ1) is 11.3. The molecule has 0 radical (unpaired) electrons. The molecule has 0 saturated carbocycles. The van der Waals surface area contributed by atoms with Gasteiger partial charge in [0.2, 0.25) is 0 Å². The number of ether oxygens (including phenoxy) is 1. The predicted octanol–water partition coefficient (Wildman–Crippen LogP) is 2.11. The van der Waals surface area contributed by atoms with Crippen molar-refractivity contribution in [3.05, 3.63) is 28.8 Å². The lowest BCUT2D eigenvalue weighted by molar-refractivity contribution is -0.155. The van der Waals surface area contributed by atoms with Gasteiger partial charge in [-0.3, -0.25) is 4.79 Å². The van der Waals surface area contributed by atoms with Crippen molar-refractivity contribution in [3.8, 4) is 11.5 Å². The molecule has 7 nitrogen and oxygen atoms in total. The SMILES string of the molecule is CCC(C)(C)C(=O)On1cnc2cc(O)cc(OCCCl)c2c1=O. The van der Waals surface area contributed by atoms with E-state index < -0.39 is 16.9 Å². The number of aromatic hydroxyl groups is 1. The van der Waals surface area contributed by atoms with Crippen LogP contribution in [0.3, 0.4) is 0 Å². The van der Waals surface area contributed by atoms with E-state index in [9.17, 15) is 14.7 Å². The minimum absolute atomic E-state index is 0.0965. The second-order valence-corrected chi connectivity index (χ2v) is 6.25. The van der Waals surface area contributed by atoms with Gasteiger partial charge in [-0.25, -0.2) is 9.78 Å². The van der Waals surface area contributed by atoms with Crippen LogP contribution >= 0.6 is 11.6 Å². The predicted molar refractivity (Wildman–Crippen MR) is 89.5 cm³/mol. The lowest BCUT2D eigenvalue weighted by atomic mass is 9.91. The molecular weight excluding hydrogens is 336 g/mol. The number of benzene rings is 1. The van der Waals surface area contributed by atoms with E-state index in [2.05, 4.69) is 4.98 Å². The molecule has 130 valence electrons. The second-order valence-electron chi connectivity index (χ2n) is 5.87. The number of fused-ring (bicyclic) bond motifs is 1. The van der Waals surface area contributed by atoms with E-state index in [0.717, 1.165) is 11.1 Å². The van der Waals surface area contributed by atoms with Gasteiger partial charge in [-0.15, -0.1) is 16.3 Å². The first-order valence-electron chi connectivity index (χ1n) is 7.46. The van der Waals surface area contributed by atoms with E-state index in [4.69, 9.17) is 21.2 Å². The highest BCUT2D eigenvalue weighted by Gasteiger charge is 2.29. The number of carbonyl (C=O) groups is 1. The maximum absolute atomic E-state index is 12.6. The lowest BCUT2D eigenvalue weighted by Gasteiger charge is -2.20. The minimum atomic E-state index is -0.735. The Hall–Kier alpha value is -2.28. The molecule has 1 N–H and O–H groups in total. The Kier molecular flexibility index (Phi) is 5.33. The van der Waals surface area contributed by atoms with Crippen molar-refractivity contribution in [1.29, 1.82) is 0 Å².